The molecule has 0 bridgehead atoms. The van der Waals surface area contributed by atoms with E-state index in [1.165, 1.54) is 23.9 Å². The first-order valence-corrected chi connectivity index (χ1v) is 14.7. The van der Waals surface area contributed by atoms with Crippen molar-refractivity contribution in [3.63, 3.8) is 0 Å². The first-order valence-electron chi connectivity index (χ1n) is 12.4. The Morgan fingerprint density at radius 1 is 1.11 bits per heavy atom. The number of rotatable bonds is 12. The van der Waals surface area contributed by atoms with Crippen LogP contribution in [0.15, 0.2) is 54.6 Å². The fourth-order valence-electron chi connectivity index (χ4n) is 4.45. The van der Waals surface area contributed by atoms with Crippen LogP contribution in [0.4, 0.5) is 0 Å². The molecular formula is C27H32N4O5S2. The number of methoxy groups -OCH3 is 1. The van der Waals surface area contributed by atoms with Crippen molar-refractivity contribution in [3.05, 3.63) is 81.3 Å². The second kappa shape index (κ2) is 11.6. The third-order valence-corrected chi connectivity index (χ3v) is 8.65. The van der Waals surface area contributed by atoms with Crippen molar-refractivity contribution >= 4 is 33.4 Å². The Morgan fingerprint density at radius 2 is 1.79 bits per heavy atom. The number of ether oxygens (including phenoxy) is 1. The molecule has 38 heavy (non-hydrogen) atoms. The summed E-state index contributed by atoms with van der Waals surface area (Å²) in [6, 6.07) is 17.8. The Bertz CT molecular complexity index is 1380. The summed E-state index contributed by atoms with van der Waals surface area (Å²) in [6.07, 6.45) is 3.12. The van der Waals surface area contributed by atoms with E-state index in [0.717, 1.165) is 37.0 Å². The molecule has 0 atom stereocenters. The highest BCUT2D eigenvalue weighted by molar-refractivity contribution is 7.88. The molecule has 11 heteroatoms. The van der Waals surface area contributed by atoms with Gasteiger partial charge in [-0.25, -0.2) is 14.4 Å². The van der Waals surface area contributed by atoms with Crippen molar-refractivity contribution in [2.45, 2.75) is 44.6 Å². The molecular weight excluding hydrogens is 524 g/mol. The highest BCUT2D eigenvalue weighted by Gasteiger charge is 2.53. The summed E-state index contributed by atoms with van der Waals surface area (Å²) in [5, 5.41) is 0.577. The van der Waals surface area contributed by atoms with E-state index in [1.807, 2.05) is 52.1 Å². The standard InChI is InChI=1S/C27H32N4O5S2/c1-19-24(25(32)30-38(34,35)28-2)29-23(37-19)18-31(17-7-10-20-8-5-4-6-9-20)26(33)27(15-16-27)21-11-13-22(36-3)14-12-21/h4-6,8-9,11-14,28H,7,10,15-18H2,1-3H3,(H,30,32). The molecule has 1 fully saturated rings. The van der Waals surface area contributed by atoms with Crippen LogP contribution in [-0.4, -0.2) is 50.8 Å². The second-order valence-corrected chi connectivity index (χ2v) is 12.2. The molecule has 1 saturated carbocycles. The van der Waals surface area contributed by atoms with E-state index in [0.29, 0.717) is 16.4 Å². The number of thiazole rings is 1. The number of carbonyl (C=O) groups is 2. The number of aryl methyl sites for hydroxylation is 2. The molecule has 202 valence electrons. The summed E-state index contributed by atoms with van der Waals surface area (Å²) in [5.41, 5.74) is 1.62. The Labute approximate surface area is 227 Å². The van der Waals surface area contributed by atoms with Gasteiger partial charge in [-0.2, -0.15) is 8.42 Å². The first kappa shape index (κ1) is 27.7. The SMILES string of the molecule is CNS(=O)(=O)NC(=O)c1nc(CN(CCCc2ccccc2)C(=O)C2(c3ccc(OC)cc3)CC2)sc1C. The molecule has 1 aromatic heterocycles. The van der Waals surface area contributed by atoms with Crippen LogP contribution < -0.4 is 14.2 Å². The van der Waals surface area contributed by atoms with Crippen LogP contribution in [0.3, 0.4) is 0 Å². The van der Waals surface area contributed by atoms with Gasteiger partial charge in [-0.3, -0.25) is 9.59 Å². The molecule has 2 N–H and O–H groups in total. The Kier molecular flexibility index (Phi) is 8.49. The van der Waals surface area contributed by atoms with Gasteiger partial charge in [-0.05, 0) is 55.9 Å². The summed E-state index contributed by atoms with van der Waals surface area (Å²) >= 11 is 1.29. The average Bonchev–Trinajstić information content (AvgIpc) is 3.65. The van der Waals surface area contributed by atoms with Crippen LogP contribution in [-0.2, 0) is 33.4 Å². The van der Waals surface area contributed by atoms with Gasteiger partial charge in [-0.15, -0.1) is 11.3 Å². The summed E-state index contributed by atoms with van der Waals surface area (Å²) in [6.45, 7) is 2.48. The number of hydrogen-bond donors (Lipinski definition) is 2. The second-order valence-electron chi connectivity index (χ2n) is 9.28. The molecule has 2 aromatic carbocycles. The van der Waals surface area contributed by atoms with Crippen molar-refractivity contribution < 1.29 is 22.7 Å². The van der Waals surface area contributed by atoms with E-state index in [9.17, 15) is 18.0 Å². The number of nitrogens with zero attached hydrogens (tertiary/aromatic N) is 2. The smallest absolute Gasteiger partial charge is 0.301 e. The number of hydrogen-bond acceptors (Lipinski definition) is 7. The van der Waals surface area contributed by atoms with Crippen molar-refractivity contribution in [2.75, 3.05) is 20.7 Å². The largest absolute Gasteiger partial charge is 0.497 e. The van der Waals surface area contributed by atoms with Gasteiger partial charge in [0.2, 0.25) is 5.91 Å². The van der Waals surface area contributed by atoms with Crippen LogP contribution in [0.5, 0.6) is 5.75 Å². The van der Waals surface area contributed by atoms with Crippen LogP contribution in [0.2, 0.25) is 0 Å². The van der Waals surface area contributed by atoms with Crippen molar-refractivity contribution in [3.8, 4) is 5.75 Å². The summed E-state index contributed by atoms with van der Waals surface area (Å²) in [7, 11) is -1.13. The number of nitrogens with one attached hydrogen (secondary N) is 2. The van der Waals surface area contributed by atoms with Gasteiger partial charge < -0.3 is 9.64 Å². The lowest BCUT2D eigenvalue weighted by atomic mass is 9.94. The first-order chi connectivity index (χ1) is 18.2. The third kappa shape index (κ3) is 6.40. The van der Waals surface area contributed by atoms with Gasteiger partial charge in [0.15, 0.2) is 0 Å². The molecule has 0 radical (unpaired) electrons. The number of benzene rings is 2. The van der Waals surface area contributed by atoms with Gasteiger partial charge in [0, 0.05) is 18.5 Å². The molecule has 1 aliphatic rings. The summed E-state index contributed by atoms with van der Waals surface area (Å²) in [5.74, 6) is -0.0355. The van der Waals surface area contributed by atoms with Crippen molar-refractivity contribution in [2.24, 2.45) is 0 Å². The van der Waals surface area contributed by atoms with E-state index >= 15 is 0 Å². The average molecular weight is 557 g/mol. The van der Waals surface area contributed by atoms with Gasteiger partial charge in [-0.1, -0.05) is 42.5 Å². The lowest BCUT2D eigenvalue weighted by molar-refractivity contribution is -0.134. The zero-order valence-electron chi connectivity index (χ0n) is 21.7. The van der Waals surface area contributed by atoms with Gasteiger partial charge >= 0.3 is 10.2 Å². The molecule has 1 aliphatic carbocycles. The quantitative estimate of drug-likeness (QED) is 0.353. The third-order valence-electron chi connectivity index (χ3n) is 6.70. The summed E-state index contributed by atoms with van der Waals surface area (Å²) in [4.78, 5) is 33.3. The Balaban J connectivity index is 1.55. The van der Waals surface area contributed by atoms with Gasteiger partial charge in [0.1, 0.15) is 16.5 Å². The predicted octanol–water partition coefficient (Wildman–Crippen LogP) is 3.35. The fourth-order valence-corrected chi connectivity index (χ4v) is 5.84. The minimum absolute atomic E-state index is 0.0346. The van der Waals surface area contributed by atoms with Crippen LogP contribution in [0.1, 0.15) is 50.8 Å². The zero-order valence-corrected chi connectivity index (χ0v) is 23.3. The van der Waals surface area contributed by atoms with Crippen LogP contribution >= 0.6 is 11.3 Å². The monoisotopic (exact) mass is 556 g/mol. The maximum atomic E-state index is 14.0. The molecule has 0 aliphatic heterocycles. The van der Waals surface area contributed by atoms with Crippen LogP contribution in [0.25, 0.3) is 0 Å². The molecule has 0 unspecified atom stereocenters. The van der Waals surface area contributed by atoms with E-state index in [-0.39, 0.29) is 18.1 Å². The zero-order chi connectivity index (χ0) is 27.3. The Morgan fingerprint density at radius 3 is 2.39 bits per heavy atom. The topological polar surface area (TPSA) is 118 Å². The van der Waals surface area contributed by atoms with Crippen molar-refractivity contribution in [1.29, 1.82) is 0 Å². The molecule has 1 heterocycles. The van der Waals surface area contributed by atoms with E-state index in [1.54, 1.807) is 14.0 Å². The highest BCUT2D eigenvalue weighted by Crippen LogP contribution is 2.50. The number of amides is 2. The minimum atomic E-state index is -3.95. The lowest BCUT2D eigenvalue weighted by Crippen LogP contribution is -2.40. The van der Waals surface area contributed by atoms with Gasteiger partial charge in [0.05, 0.1) is 19.1 Å². The minimum Gasteiger partial charge on any atom is -0.497 e. The Hall–Kier alpha value is -3.28. The highest BCUT2D eigenvalue weighted by atomic mass is 32.2. The molecule has 3 aromatic rings. The molecule has 4 rings (SSSR count). The van der Waals surface area contributed by atoms with Crippen molar-refractivity contribution in [1.82, 2.24) is 19.3 Å². The lowest BCUT2D eigenvalue weighted by Gasteiger charge is -2.27. The molecule has 9 nitrogen and oxygen atoms in total. The maximum Gasteiger partial charge on any atom is 0.301 e. The molecule has 2 amide bonds. The molecule has 0 spiro atoms. The van der Waals surface area contributed by atoms with E-state index in [4.69, 9.17) is 4.74 Å². The maximum absolute atomic E-state index is 14.0. The predicted molar refractivity (Wildman–Crippen MR) is 146 cm³/mol. The van der Waals surface area contributed by atoms with E-state index < -0.39 is 21.5 Å². The summed E-state index contributed by atoms with van der Waals surface area (Å²) < 4.78 is 32.8. The van der Waals surface area contributed by atoms with E-state index in [2.05, 4.69) is 21.8 Å². The number of aromatic nitrogens is 1. The fraction of sp³-hybridized carbons (Fsp3) is 0.370. The van der Waals surface area contributed by atoms with Crippen LogP contribution in [0, 0.1) is 6.92 Å². The van der Waals surface area contributed by atoms with Gasteiger partial charge in [0.25, 0.3) is 5.91 Å². The normalized spacial score (nSPS) is 14.1. The molecule has 0 saturated heterocycles. The number of carbonyl (C=O) groups excluding carboxylic acids is 2.